The minimum Gasteiger partial charge on any atom is -0.489 e. The standard InChI is InChI=1S/C27H30ClN3O3/c1-27(2,3)12-14-33-18-25-29-23-10-9-21(15-24(23)30(25)4)31-13-11-22(16-26(31)32)34-17-19-5-7-20(28)8-6-19/h5-11,13,15-16H,12,14,17-18H2,1-4H3. The monoisotopic (exact) mass is 479 g/mol. The zero-order valence-electron chi connectivity index (χ0n) is 20.0. The first-order valence-corrected chi connectivity index (χ1v) is 11.7. The number of ether oxygens (including phenoxy) is 2. The number of aromatic nitrogens is 3. The van der Waals surface area contributed by atoms with Gasteiger partial charge in [0.25, 0.3) is 5.56 Å². The molecule has 0 spiro atoms. The van der Waals surface area contributed by atoms with Crippen LogP contribution in [-0.2, 0) is 25.0 Å². The lowest BCUT2D eigenvalue weighted by atomic mass is 9.93. The Labute approximate surface area is 204 Å². The van der Waals surface area contributed by atoms with Crippen molar-refractivity contribution in [3.05, 3.63) is 87.6 Å². The lowest BCUT2D eigenvalue weighted by Gasteiger charge is -2.17. The molecule has 2 aromatic carbocycles. The lowest BCUT2D eigenvalue weighted by Crippen LogP contribution is -2.16. The first-order chi connectivity index (χ1) is 16.2. The van der Waals surface area contributed by atoms with Crippen LogP contribution in [0.2, 0.25) is 5.02 Å². The number of fused-ring (bicyclic) bond motifs is 1. The van der Waals surface area contributed by atoms with E-state index in [1.54, 1.807) is 16.8 Å². The van der Waals surface area contributed by atoms with Gasteiger partial charge in [0.2, 0.25) is 0 Å². The smallest absolute Gasteiger partial charge is 0.258 e. The Hall–Kier alpha value is -3.09. The number of hydrogen-bond acceptors (Lipinski definition) is 4. The second kappa shape index (κ2) is 10.0. The molecule has 34 heavy (non-hydrogen) atoms. The molecule has 2 heterocycles. The molecule has 0 aliphatic carbocycles. The van der Waals surface area contributed by atoms with Crippen molar-refractivity contribution in [1.82, 2.24) is 14.1 Å². The number of benzene rings is 2. The molecule has 4 aromatic rings. The maximum Gasteiger partial charge on any atom is 0.258 e. The van der Waals surface area contributed by atoms with Crippen LogP contribution in [0.4, 0.5) is 0 Å². The molecule has 0 aliphatic rings. The Balaban J connectivity index is 1.47. The number of nitrogens with zero attached hydrogens (tertiary/aromatic N) is 3. The Morgan fingerprint density at radius 2 is 1.76 bits per heavy atom. The van der Waals surface area contributed by atoms with Crippen molar-refractivity contribution >= 4 is 22.6 Å². The predicted molar refractivity (Wildman–Crippen MR) is 136 cm³/mol. The summed E-state index contributed by atoms with van der Waals surface area (Å²) in [5.74, 6) is 1.38. The van der Waals surface area contributed by atoms with Crippen LogP contribution in [0.3, 0.4) is 0 Å². The number of imidazole rings is 1. The summed E-state index contributed by atoms with van der Waals surface area (Å²) < 4.78 is 15.3. The molecule has 0 radical (unpaired) electrons. The van der Waals surface area contributed by atoms with Gasteiger partial charge in [0.15, 0.2) is 0 Å². The van der Waals surface area contributed by atoms with Crippen LogP contribution in [0.15, 0.2) is 65.6 Å². The van der Waals surface area contributed by atoms with Crippen LogP contribution >= 0.6 is 11.6 Å². The summed E-state index contributed by atoms with van der Waals surface area (Å²) in [6.45, 7) is 8.12. The highest BCUT2D eigenvalue weighted by Gasteiger charge is 2.12. The second-order valence-electron chi connectivity index (χ2n) is 9.61. The molecule has 6 nitrogen and oxygen atoms in total. The third kappa shape index (κ3) is 5.88. The van der Waals surface area contributed by atoms with Gasteiger partial charge in [0, 0.05) is 30.9 Å². The molecule has 0 saturated heterocycles. The van der Waals surface area contributed by atoms with Crippen LogP contribution in [0.5, 0.6) is 5.75 Å². The lowest BCUT2D eigenvalue weighted by molar-refractivity contribution is 0.0906. The molecule has 178 valence electrons. The average Bonchev–Trinajstić information content (AvgIpc) is 3.11. The van der Waals surface area contributed by atoms with E-state index in [-0.39, 0.29) is 11.0 Å². The zero-order chi connectivity index (χ0) is 24.3. The molecule has 0 N–H and O–H groups in total. The third-order valence-corrected chi connectivity index (χ3v) is 5.92. The summed E-state index contributed by atoms with van der Waals surface area (Å²) in [5, 5.41) is 0.678. The third-order valence-electron chi connectivity index (χ3n) is 5.67. The summed E-state index contributed by atoms with van der Waals surface area (Å²) >= 11 is 5.92. The van der Waals surface area contributed by atoms with Gasteiger partial charge >= 0.3 is 0 Å². The van der Waals surface area contributed by atoms with Gasteiger partial charge in [0.1, 0.15) is 24.8 Å². The molecule has 0 unspecified atom stereocenters. The van der Waals surface area contributed by atoms with Gasteiger partial charge in [-0.05, 0) is 53.8 Å². The van der Waals surface area contributed by atoms with E-state index in [0.29, 0.717) is 30.6 Å². The SMILES string of the molecule is Cn1c(COCCC(C)(C)C)nc2ccc(-n3ccc(OCc4ccc(Cl)cc4)cc3=O)cc21. The van der Waals surface area contributed by atoms with Gasteiger partial charge in [-0.25, -0.2) is 4.98 Å². The fourth-order valence-corrected chi connectivity index (χ4v) is 3.69. The number of rotatable bonds is 8. The average molecular weight is 480 g/mol. The molecule has 2 aromatic heterocycles. The number of hydrogen-bond donors (Lipinski definition) is 0. The van der Waals surface area contributed by atoms with Crippen molar-refractivity contribution in [2.75, 3.05) is 6.61 Å². The Bertz CT molecular complexity index is 1330. The van der Waals surface area contributed by atoms with Gasteiger partial charge in [-0.1, -0.05) is 44.5 Å². The maximum absolute atomic E-state index is 12.8. The van der Waals surface area contributed by atoms with Crippen molar-refractivity contribution in [2.45, 2.75) is 40.4 Å². The minimum absolute atomic E-state index is 0.166. The highest BCUT2D eigenvalue weighted by atomic mass is 35.5. The highest BCUT2D eigenvalue weighted by molar-refractivity contribution is 6.30. The quantitative estimate of drug-likeness (QED) is 0.295. The molecule has 0 fully saturated rings. The zero-order valence-corrected chi connectivity index (χ0v) is 20.8. The summed E-state index contributed by atoms with van der Waals surface area (Å²) in [7, 11) is 1.97. The van der Waals surface area contributed by atoms with Gasteiger partial charge < -0.3 is 14.0 Å². The molecule has 4 rings (SSSR count). The summed E-state index contributed by atoms with van der Waals surface area (Å²) in [5.41, 5.74) is 3.64. The topological polar surface area (TPSA) is 58.3 Å². The normalized spacial score (nSPS) is 11.8. The first kappa shape index (κ1) is 24.0. The molecule has 0 amide bonds. The largest absolute Gasteiger partial charge is 0.489 e. The maximum atomic E-state index is 12.8. The van der Waals surface area contributed by atoms with Gasteiger partial charge in [-0.15, -0.1) is 0 Å². The van der Waals surface area contributed by atoms with Crippen molar-refractivity contribution in [3.8, 4) is 11.4 Å². The fraction of sp³-hybridized carbons (Fsp3) is 0.333. The Kier molecular flexibility index (Phi) is 7.10. The van der Waals surface area contributed by atoms with Crippen LogP contribution in [0, 0.1) is 5.41 Å². The van der Waals surface area contributed by atoms with Crippen molar-refractivity contribution in [3.63, 3.8) is 0 Å². The van der Waals surface area contributed by atoms with Crippen molar-refractivity contribution in [1.29, 1.82) is 0 Å². The van der Waals surface area contributed by atoms with Crippen LogP contribution < -0.4 is 10.3 Å². The minimum atomic E-state index is -0.166. The number of pyridine rings is 1. The molecule has 0 bridgehead atoms. The molecular weight excluding hydrogens is 450 g/mol. The van der Waals surface area contributed by atoms with E-state index in [0.717, 1.165) is 34.5 Å². The Morgan fingerprint density at radius 1 is 1.00 bits per heavy atom. The van der Waals surface area contributed by atoms with Crippen molar-refractivity contribution in [2.24, 2.45) is 12.5 Å². The molecular formula is C27H30ClN3O3. The summed E-state index contributed by atoms with van der Waals surface area (Å²) in [4.78, 5) is 17.5. The highest BCUT2D eigenvalue weighted by Crippen LogP contribution is 2.21. The molecule has 7 heteroatoms. The first-order valence-electron chi connectivity index (χ1n) is 11.3. The van der Waals surface area contributed by atoms with Gasteiger partial charge in [0.05, 0.1) is 16.7 Å². The van der Waals surface area contributed by atoms with E-state index in [1.807, 2.05) is 54.1 Å². The summed E-state index contributed by atoms with van der Waals surface area (Å²) in [6.07, 6.45) is 2.72. The van der Waals surface area contributed by atoms with E-state index in [9.17, 15) is 4.79 Å². The number of aryl methyl sites for hydroxylation is 1. The van der Waals surface area contributed by atoms with Crippen LogP contribution in [0.1, 0.15) is 38.6 Å². The molecule has 0 atom stereocenters. The van der Waals surface area contributed by atoms with E-state index < -0.39 is 0 Å². The molecule has 0 saturated carbocycles. The van der Waals surface area contributed by atoms with Gasteiger partial charge in [-0.2, -0.15) is 0 Å². The van der Waals surface area contributed by atoms with E-state index in [4.69, 9.17) is 26.1 Å². The van der Waals surface area contributed by atoms with Crippen LogP contribution in [-0.4, -0.2) is 20.7 Å². The number of halogens is 1. The van der Waals surface area contributed by atoms with E-state index in [2.05, 4.69) is 20.8 Å². The second-order valence-corrected chi connectivity index (χ2v) is 10.0. The predicted octanol–water partition coefficient (Wildman–Crippen LogP) is 5.91. The molecule has 0 aliphatic heterocycles. The fourth-order valence-electron chi connectivity index (χ4n) is 3.56. The van der Waals surface area contributed by atoms with Gasteiger partial charge in [-0.3, -0.25) is 9.36 Å². The van der Waals surface area contributed by atoms with Crippen LogP contribution in [0.25, 0.3) is 16.7 Å². The van der Waals surface area contributed by atoms with E-state index >= 15 is 0 Å². The van der Waals surface area contributed by atoms with Crippen molar-refractivity contribution < 1.29 is 9.47 Å². The van der Waals surface area contributed by atoms with E-state index in [1.165, 1.54) is 6.07 Å². The summed E-state index contributed by atoms with van der Waals surface area (Å²) in [6, 6.07) is 16.5. The Morgan fingerprint density at radius 3 is 2.47 bits per heavy atom.